The average molecular weight is 298 g/mol. The van der Waals surface area contributed by atoms with Crippen LogP contribution in [-0.2, 0) is 14.4 Å². The number of nitrogens with zero attached hydrogens (tertiary/aromatic N) is 2. The standard InChI is InChI=1S/C15H26N2O4/c1-5-6-9-20-17-11-7-8-12(16(10-11)14(17)19)13(18)21-15(2,3)4/h11-12H,5-10H2,1-4H3/t11?,12-/m0/s1. The molecular weight excluding hydrogens is 272 g/mol. The highest BCUT2D eigenvalue weighted by molar-refractivity contribution is 5.85. The molecule has 0 aliphatic carbocycles. The van der Waals surface area contributed by atoms with Gasteiger partial charge >= 0.3 is 12.0 Å². The Morgan fingerprint density at radius 1 is 1.33 bits per heavy atom. The van der Waals surface area contributed by atoms with Gasteiger partial charge in [-0.1, -0.05) is 13.3 Å². The number of hydrogen-bond acceptors (Lipinski definition) is 4. The van der Waals surface area contributed by atoms with Gasteiger partial charge in [-0.3, -0.25) is 4.84 Å². The summed E-state index contributed by atoms with van der Waals surface area (Å²) in [5.74, 6) is -0.315. The van der Waals surface area contributed by atoms with Crippen molar-refractivity contribution in [2.45, 2.75) is 71.1 Å². The number of piperidine rings is 1. The number of carbonyl (C=O) groups excluding carboxylic acids is 2. The molecule has 2 aliphatic rings. The maximum absolute atomic E-state index is 12.4. The first kappa shape index (κ1) is 16.1. The first-order valence-electron chi connectivity index (χ1n) is 7.79. The molecule has 0 aromatic rings. The van der Waals surface area contributed by atoms with Crippen LogP contribution < -0.4 is 0 Å². The quantitative estimate of drug-likeness (QED) is 0.577. The zero-order valence-corrected chi connectivity index (χ0v) is 13.4. The summed E-state index contributed by atoms with van der Waals surface area (Å²) in [5.41, 5.74) is -0.534. The molecule has 0 aromatic carbocycles. The molecule has 0 aromatic heterocycles. The van der Waals surface area contributed by atoms with Crippen LogP contribution in [0.25, 0.3) is 0 Å². The Hall–Kier alpha value is -1.30. The van der Waals surface area contributed by atoms with Crippen molar-refractivity contribution >= 4 is 12.0 Å². The van der Waals surface area contributed by atoms with Crippen molar-refractivity contribution in [3.63, 3.8) is 0 Å². The minimum absolute atomic E-state index is 0.0630. The van der Waals surface area contributed by atoms with E-state index in [1.165, 1.54) is 5.06 Å². The number of ether oxygens (including phenoxy) is 1. The number of amides is 2. The van der Waals surface area contributed by atoms with Crippen molar-refractivity contribution in [3.05, 3.63) is 0 Å². The number of urea groups is 1. The second kappa shape index (κ2) is 6.22. The van der Waals surface area contributed by atoms with Crippen LogP contribution in [0.3, 0.4) is 0 Å². The van der Waals surface area contributed by atoms with Crippen molar-refractivity contribution in [2.24, 2.45) is 0 Å². The van der Waals surface area contributed by atoms with E-state index in [0.29, 0.717) is 19.6 Å². The lowest BCUT2D eigenvalue weighted by Gasteiger charge is -2.31. The molecule has 6 heteroatoms. The smallest absolute Gasteiger partial charge is 0.345 e. The highest BCUT2D eigenvalue weighted by Crippen LogP contribution is 2.31. The molecule has 120 valence electrons. The van der Waals surface area contributed by atoms with Crippen LogP contribution in [-0.4, -0.2) is 52.8 Å². The molecule has 0 radical (unpaired) electrons. The highest BCUT2D eigenvalue weighted by Gasteiger charge is 2.48. The summed E-state index contributed by atoms with van der Waals surface area (Å²) < 4.78 is 5.42. The summed E-state index contributed by atoms with van der Waals surface area (Å²) in [7, 11) is 0. The predicted molar refractivity (Wildman–Crippen MR) is 77.5 cm³/mol. The van der Waals surface area contributed by atoms with Gasteiger partial charge in [0.1, 0.15) is 11.6 Å². The Balaban J connectivity index is 1.98. The molecule has 2 rings (SSSR count). The molecule has 2 amide bonds. The summed E-state index contributed by atoms with van der Waals surface area (Å²) >= 11 is 0. The molecule has 0 N–H and O–H groups in total. The molecule has 2 saturated heterocycles. The summed E-state index contributed by atoms with van der Waals surface area (Å²) in [6.45, 7) is 8.68. The second-order valence-corrected chi connectivity index (χ2v) is 6.73. The molecule has 0 spiro atoms. The lowest BCUT2D eigenvalue weighted by molar-refractivity contribution is -0.161. The first-order valence-corrected chi connectivity index (χ1v) is 7.79. The van der Waals surface area contributed by atoms with Crippen LogP contribution in [0.1, 0.15) is 53.4 Å². The van der Waals surface area contributed by atoms with E-state index in [0.717, 1.165) is 19.3 Å². The van der Waals surface area contributed by atoms with Gasteiger partial charge in [-0.2, -0.15) is 5.06 Å². The molecule has 0 saturated carbocycles. The third kappa shape index (κ3) is 3.67. The van der Waals surface area contributed by atoms with E-state index < -0.39 is 11.6 Å². The summed E-state index contributed by atoms with van der Waals surface area (Å²) in [5, 5.41) is 1.46. The molecular formula is C15H26N2O4. The van der Waals surface area contributed by atoms with Crippen LogP contribution >= 0.6 is 0 Å². The number of hydrogen-bond donors (Lipinski definition) is 0. The number of unbranched alkanes of at least 4 members (excludes halogenated alkanes) is 1. The van der Waals surface area contributed by atoms with Crippen molar-refractivity contribution in [1.82, 2.24) is 9.96 Å². The Bertz CT molecular complexity index is 405. The van der Waals surface area contributed by atoms with Crippen LogP contribution in [0, 0.1) is 0 Å². The van der Waals surface area contributed by atoms with Crippen molar-refractivity contribution < 1.29 is 19.2 Å². The van der Waals surface area contributed by atoms with Gasteiger partial charge in [-0.15, -0.1) is 0 Å². The van der Waals surface area contributed by atoms with Gasteiger partial charge in [0, 0.05) is 6.54 Å². The fourth-order valence-corrected chi connectivity index (χ4v) is 2.72. The van der Waals surface area contributed by atoms with Gasteiger partial charge in [0.05, 0.1) is 12.6 Å². The van der Waals surface area contributed by atoms with Crippen LogP contribution in [0.15, 0.2) is 0 Å². The van der Waals surface area contributed by atoms with Crippen LogP contribution in [0.2, 0.25) is 0 Å². The number of esters is 1. The summed E-state index contributed by atoms with van der Waals surface area (Å²) in [6, 6.07) is -0.620. The SMILES string of the molecule is CCCCON1C(=O)N2CC1CC[C@H]2C(=O)OC(C)(C)C. The van der Waals surface area contributed by atoms with Crippen molar-refractivity contribution in [1.29, 1.82) is 0 Å². The summed E-state index contributed by atoms with van der Waals surface area (Å²) in [6.07, 6.45) is 3.36. The van der Waals surface area contributed by atoms with Gasteiger partial charge < -0.3 is 9.64 Å². The maximum Gasteiger partial charge on any atom is 0.345 e. The lowest BCUT2D eigenvalue weighted by Crippen LogP contribution is -2.47. The molecule has 21 heavy (non-hydrogen) atoms. The normalized spacial score (nSPS) is 25.4. The van der Waals surface area contributed by atoms with Gasteiger partial charge in [-0.05, 0) is 40.0 Å². The molecule has 2 aliphatic heterocycles. The average Bonchev–Trinajstić information content (AvgIpc) is 2.62. The minimum Gasteiger partial charge on any atom is -0.458 e. The zero-order valence-electron chi connectivity index (χ0n) is 13.4. The first-order chi connectivity index (χ1) is 9.83. The van der Waals surface area contributed by atoms with E-state index in [1.807, 2.05) is 20.8 Å². The Kier molecular flexibility index (Phi) is 4.76. The Labute approximate surface area is 126 Å². The molecule has 2 bridgehead atoms. The topological polar surface area (TPSA) is 59.1 Å². The highest BCUT2D eigenvalue weighted by atomic mass is 16.7. The molecule has 2 atom stereocenters. The van der Waals surface area contributed by atoms with E-state index in [-0.39, 0.29) is 18.0 Å². The van der Waals surface area contributed by atoms with Crippen LogP contribution in [0.5, 0.6) is 0 Å². The van der Waals surface area contributed by atoms with E-state index >= 15 is 0 Å². The number of hydroxylamine groups is 2. The number of rotatable bonds is 5. The number of carbonyl (C=O) groups is 2. The maximum atomic E-state index is 12.4. The summed E-state index contributed by atoms with van der Waals surface area (Å²) in [4.78, 5) is 31.8. The molecule has 6 nitrogen and oxygen atoms in total. The molecule has 2 heterocycles. The molecule has 2 fully saturated rings. The Morgan fingerprint density at radius 2 is 2.05 bits per heavy atom. The third-order valence-electron chi connectivity index (χ3n) is 3.73. The van der Waals surface area contributed by atoms with Gasteiger partial charge in [0.25, 0.3) is 0 Å². The van der Waals surface area contributed by atoms with Gasteiger partial charge in [-0.25, -0.2) is 9.59 Å². The number of fused-ring (bicyclic) bond motifs is 2. The lowest BCUT2D eigenvalue weighted by atomic mass is 10.0. The fourth-order valence-electron chi connectivity index (χ4n) is 2.72. The van der Waals surface area contributed by atoms with E-state index in [2.05, 4.69) is 6.92 Å². The van der Waals surface area contributed by atoms with Crippen molar-refractivity contribution in [3.8, 4) is 0 Å². The largest absolute Gasteiger partial charge is 0.458 e. The van der Waals surface area contributed by atoms with E-state index in [1.54, 1.807) is 4.90 Å². The van der Waals surface area contributed by atoms with Gasteiger partial charge in [0.2, 0.25) is 0 Å². The molecule has 1 unspecified atom stereocenters. The zero-order chi connectivity index (χ0) is 15.6. The fraction of sp³-hybridized carbons (Fsp3) is 0.867. The van der Waals surface area contributed by atoms with E-state index in [9.17, 15) is 9.59 Å². The minimum atomic E-state index is -0.534. The van der Waals surface area contributed by atoms with Gasteiger partial charge in [0.15, 0.2) is 0 Å². The van der Waals surface area contributed by atoms with Crippen molar-refractivity contribution in [2.75, 3.05) is 13.2 Å². The van der Waals surface area contributed by atoms with Crippen LogP contribution in [0.4, 0.5) is 4.79 Å². The predicted octanol–water partition coefficient (Wildman–Crippen LogP) is 2.33. The monoisotopic (exact) mass is 298 g/mol. The third-order valence-corrected chi connectivity index (χ3v) is 3.73. The second-order valence-electron chi connectivity index (χ2n) is 6.73. The Morgan fingerprint density at radius 3 is 2.67 bits per heavy atom. The van der Waals surface area contributed by atoms with E-state index in [4.69, 9.17) is 9.57 Å².